The first kappa shape index (κ1) is 34.6. The van der Waals surface area contributed by atoms with E-state index in [0.717, 1.165) is 56.1 Å². The summed E-state index contributed by atoms with van der Waals surface area (Å²) in [5.74, 6) is -0.689. The third-order valence-corrected chi connectivity index (χ3v) is 7.78. The maximum Gasteiger partial charge on any atom is 0.253 e. The van der Waals surface area contributed by atoms with Crippen LogP contribution >= 0.6 is 0 Å². The van der Waals surface area contributed by atoms with E-state index < -0.39 is 0 Å². The molecule has 0 saturated carbocycles. The summed E-state index contributed by atoms with van der Waals surface area (Å²) in [5.41, 5.74) is 4.20. The molecule has 0 aromatic heterocycles. The van der Waals surface area contributed by atoms with Crippen LogP contribution in [-0.4, -0.2) is 36.7 Å². The largest absolute Gasteiger partial charge is 0.352 e. The van der Waals surface area contributed by atoms with Crippen molar-refractivity contribution < 1.29 is 19.2 Å². The van der Waals surface area contributed by atoms with Crippen LogP contribution in [0.15, 0.2) is 109 Å². The van der Waals surface area contributed by atoms with Crippen LogP contribution in [0, 0.1) is 0 Å². The molecule has 47 heavy (non-hydrogen) atoms. The highest BCUT2D eigenvalue weighted by molar-refractivity contribution is 6.04. The van der Waals surface area contributed by atoms with E-state index in [1.165, 1.54) is 0 Å². The predicted molar refractivity (Wildman–Crippen MR) is 187 cm³/mol. The Balaban J connectivity index is 1.09. The minimum absolute atomic E-state index is 0.128. The molecule has 244 valence electrons. The van der Waals surface area contributed by atoms with Gasteiger partial charge in [-0.2, -0.15) is 0 Å². The van der Waals surface area contributed by atoms with Crippen molar-refractivity contribution in [3.8, 4) is 0 Å². The molecule has 0 fully saturated rings. The molecule has 0 radical (unpaired) electrons. The third-order valence-electron chi connectivity index (χ3n) is 7.78. The monoisotopic (exact) mass is 632 g/mol. The van der Waals surface area contributed by atoms with E-state index in [1.54, 1.807) is 48.5 Å². The van der Waals surface area contributed by atoms with Gasteiger partial charge in [0, 0.05) is 25.9 Å². The summed E-state index contributed by atoms with van der Waals surface area (Å²) in [6.07, 6.45) is 6.24. The zero-order valence-electron chi connectivity index (χ0n) is 26.8. The molecule has 8 nitrogen and oxygen atoms in total. The van der Waals surface area contributed by atoms with E-state index in [0.29, 0.717) is 48.4 Å². The molecule has 4 aromatic carbocycles. The maximum atomic E-state index is 12.8. The van der Waals surface area contributed by atoms with Gasteiger partial charge in [0.1, 0.15) is 0 Å². The summed E-state index contributed by atoms with van der Waals surface area (Å²) >= 11 is 0. The van der Waals surface area contributed by atoms with E-state index in [4.69, 9.17) is 0 Å². The van der Waals surface area contributed by atoms with Crippen LogP contribution in [0.3, 0.4) is 0 Å². The molecule has 0 aliphatic heterocycles. The number of rotatable bonds is 18. The third kappa shape index (κ3) is 12.2. The highest BCUT2D eigenvalue weighted by Crippen LogP contribution is 2.18. The number of benzene rings is 4. The van der Waals surface area contributed by atoms with Crippen LogP contribution in [-0.2, 0) is 22.4 Å². The smallest absolute Gasteiger partial charge is 0.253 e. The average molecular weight is 633 g/mol. The van der Waals surface area contributed by atoms with E-state index in [9.17, 15) is 19.2 Å². The molecule has 0 unspecified atom stereocenters. The fourth-order valence-electron chi connectivity index (χ4n) is 5.23. The van der Waals surface area contributed by atoms with Crippen molar-refractivity contribution in [1.29, 1.82) is 0 Å². The Labute approximate surface area is 277 Å². The SMILES string of the molecule is O=C(CCCCCCCC(=O)Nc1ccccc1C(=O)NCCc1ccccc1)Nc1ccccc1C(=O)NCCc1ccccc1. The number of carbonyl (C=O) groups excluding carboxylic acids is 4. The van der Waals surface area contributed by atoms with Gasteiger partial charge < -0.3 is 21.3 Å². The minimum atomic E-state index is -0.216. The van der Waals surface area contributed by atoms with Gasteiger partial charge in [0.05, 0.1) is 22.5 Å². The molecule has 4 rings (SSSR count). The van der Waals surface area contributed by atoms with Crippen molar-refractivity contribution in [2.24, 2.45) is 0 Å². The van der Waals surface area contributed by atoms with Crippen molar-refractivity contribution in [1.82, 2.24) is 10.6 Å². The standard InChI is InChI=1S/C39H44N4O4/c44-36(42-34-22-14-12-20-32(34)38(46)40-28-26-30-16-6-4-7-17-30)24-10-2-1-3-11-25-37(45)43-35-23-15-13-21-33(35)39(47)41-29-27-31-18-8-5-9-19-31/h4-9,12-23H,1-3,10-11,24-29H2,(H,40,46)(H,41,47)(H,42,44)(H,43,45). The number of hydrogen-bond donors (Lipinski definition) is 4. The van der Waals surface area contributed by atoms with Gasteiger partial charge in [-0.05, 0) is 61.1 Å². The number of para-hydroxylation sites is 2. The predicted octanol–water partition coefficient (Wildman–Crippen LogP) is 6.94. The molecule has 4 aromatic rings. The van der Waals surface area contributed by atoms with Gasteiger partial charge in [0.2, 0.25) is 11.8 Å². The van der Waals surface area contributed by atoms with Crippen LogP contribution in [0.1, 0.15) is 76.8 Å². The fraction of sp³-hybridized carbons (Fsp3) is 0.282. The lowest BCUT2D eigenvalue weighted by atomic mass is 10.1. The molecule has 0 heterocycles. The van der Waals surface area contributed by atoms with Gasteiger partial charge >= 0.3 is 0 Å². The molecule has 0 saturated heterocycles. The van der Waals surface area contributed by atoms with Crippen LogP contribution < -0.4 is 21.3 Å². The molecule has 8 heteroatoms. The maximum absolute atomic E-state index is 12.8. The summed E-state index contributed by atoms with van der Waals surface area (Å²) in [4.78, 5) is 50.8. The second kappa shape index (κ2) is 19.3. The Morgan fingerprint density at radius 3 is 1.21 bits per heavy atom. The minimum Gasteiger partial charge on any atom is -0.352 e. The van der Waals surface area contributed by atoms with Crippen molar-refractivity contribution in [2.75, 3.05) is 23.7 Å². The lowest BCUT2D eigenvalue weighted by molar-refractivity contribution is -0.117. The molecule has 0 spiro atoms. The Hall–Kier alpha value is -5.24. The molecule has 0 aliphatic carbocycles. The second-order valence-corrected chi connectivity index (χ2v) is 11.4. The van der Waals surface area contributed by atoms with E-state index >= 15 is 0 Å². The van der Waals surface area contributed by atoms with E-state index in [1.807, 2.05) is 60.7 Å². The molecule has 0 aliphatic rings. The van der Waals surface area contributed by atoms with Gasteiger partial charge in [-0.25, -0.2) is 0 Å². The van der Waals surface area contributed by atoms with Gasteiger partial charge in [0.25, 0.3) is 11.8 Å². The number of amides is 4. The van der Waals surface area contributed by atoms with E-state index in [2.05, 4.69) is 21.3 Å². The average Bonchev–Trinajstić information content (AvgIpc) is 3.09. The van der Waals surface area contributed by atoms with Crippen LogP contribution in [0.2, 0.25) is 0 Å². The van der Waals surface area contributed by atoms with Crippen molar-refractivity contribution in [3.63, 3.8) is 0 Å². The van der Waals surface area contributed by atoms with Gasteiger partial charge in [-0.3, -0.25) is 19.2 Å². The van der Waals surface area contributed by atoms with Crippen molar-refractivity contribution >= 4 is 35.0 Å². The first-order chi connectivity index (χ1) is 23.0. The highest BCUT2D eigenvalue weighted by Gasteiger charge is 2.14. The lowest BCUT2D eigenvalue weighted by Crippen LogP contribution is -2.27. The topological polar surface area (TPSA) is 116 Å². The number of hydrogen-bond acceptors (Lipinski definition) is 4. The zero-order valence-corrected chi connectivity index (χ0v) is 26.8. The van der Waals surface area contributed by atoms with Gasteiger partial charge in [-0.1, -0.05) is 104 Å². The number of carbonyl (C=O) groups is 4. The lowest BCUT2D eigenvalue weighted by Gasteiger charge is -2.12. The molecule has 0 atom stereocenters. The normalized spacial score (nSPS) is 10.6. The quantitative estimate of drug-likeness (QED) is 0.0890. The Bertz CT molecular complexity index is 1470. The first-order valence-electron chi connectivity index (χ1n) is 16.4. The van der Waals surface area contributed by atoms with Crippen molar-refractivity contribution in [3.05, 3.63) is 131 Å². The summed E-state index contributed by atoms with van der Waals surface area (Å²) in [7, 11) is 0. The van der Waals surface area contributed by atoms with Gasteiger partial charge in [-0.15, -0.1) is 0 Å². The van der Waals surface area contributed by atoms with Crippen LogP contribution in [0.4, 0.5) is 11.4 Å². The summed E-state index contributed by atoms with van der Waals surface area (Å²) in [5, 5.41) is 11.7. The Morgan fingerprint density at radius 2 is 0.787 bits per heavy atom. The Morgan fingerprint density at radius 1 is 0.426 bits per heavy atom. The fourth-order valence-corrected chi connectivity index (χ4v) is 5.23. The molecule has 0 bridgehead atoms. The second-order valence-electron chi connectivity index (χ2n) is 11.4. The molecular formula is C39H44N4O4. The van der Waals surface area contributed by atoms with Crippen LogP contribution in [0.25, 0.3) is 0 Å². The van der Waals surface area contributed by atoms with Crippen molar-refractivity contribution in [2.45, 2.75) is 57.8 Å². The molecular weight excluding hydrogens is 588 g/mol. The Kier molecular flexibility index (Phi) is 14.2. The first-order valence-corrected chi connectivity index (χ1v) is 16.4. The summed E-state index contributed by atoms with van der Waals surface area (Å²) in [6.45, 7) is 1.01. The summed E-state index contributed by atoms with van der Waals surface area (Å²) < 4.78 is 0. The van der Waals surface area contributed by atoms with Crippen LogP contribution in [0.5, 0.6) is 0 Å². The molecule has 4 N–H and O–H groups in total. The van der Waals surface area contributed by atoms with E-state index in [-0.39, 0.29) is 23.6 Å². The highest BCUT2D eigenvalue weighted by atomic mass is 16.2. The molecule has 4 amide bonds. The number of nitrogens with one attached hydrogen (secondary N) is 4. The van der Waals surface area contributed by atoms with Gasteiger partial charge in [0.15, 0.2) is 0 Å². The number of anilines is 2. The zero-order chi connectivity index (χ0) is 33.1. The number of unbranched alkanes of at least 4 members (excludes halogenated alkanes) is 4. The summed E-state index contributed by atoms with van der Waals surface area (Å²) in [6, 6.07) is 34.0.